The van der Waals surface area contributed by atoms with E-state index in [0.29, 0.717) is 30.4 Å². The monoisotopic (exact) mass is 437 g/mol. The number of carbonyl (C=O) groups excluding carboxylic acids is 1. The van der Waals surface area contributed by atoms with Gasteiger partial charge in [-0.2, -0.15) is 0 Å². The fourth-order valence-electron chi connectivity index (χ4n) is 2.48. The van der Waals surface area contributed by atoms with Crippen LogP contribution >= 0.6 is 35.6 Å². The van der Waals surface area contributed by atoms with Crippen LogP contribution in [-0.2, 0) is 19.1 Å². The summed E-state index contributed by atoms with van der Waals surface area (Å²) < 4.78 is 11.9. The molecule has 0 bridgehead atoms. The van der Waals surface area contributed by atoms with E-state index in [2.05, 4.69) is 4.98 Å². The average Bonchev–Trinajstić information content (AvgIpc) is 2.71. The van der Waals surface area contributed by atoms with Crippen LogP contribution in [0.2, 0.25) is 0 Å². The topological polar surface area (TPSA) is 48.4 Å². The van der Waals surface area contributed by atoms with E-state index < -0.39 is 5.24 Å². The van der Waals surface area contributed by atoms with Gasteiger partial charge in [-0.05, 0) is 22.7 Å². The lowest BCUT2D eigenvalue weighted by Crippen LogP contribution is -2.07. The Morgan fingerprint density at radius 2 is 1.43 bits per heavy atom. The normalized spacial score (nSPS) is 10.1. The predicted molar refractivity (Wildman–Crippen MR) is 113 cm³/mol. The molecular formula is C21H18Cl3NO3. The molecule has 0 amide bonds. The Kier molecular flexibility index (Phi) is 8.58. The van der Waals surface area contributed by atoms with Crippen LogP contribution < -0.4 is 9.47 Å². The van der Waals surface area contributed by atoms with Crippen LogP contribution in [-0.4, -0.2) is 10.2 Å². The summed E-state index contributed by atoms with van der Waals surface area (Å²) in [6.07, 6.45) is 0. The van der Waals surface area contributed by atoms with E-state index in [-0.39, 0.29) is 24.0 Å². The van der Waals surface area contributed by atoms with Crippen molar-refractivity contribution in [3.05, 3.63) is 89.2 Å². The summed E-state index contributed by atoms with van der Waals surface area (Å²) in [7, 11) is 0. The molecule has 4 nitrogen and oxygen atoms in total. The Hall–Kier alpha value is -2.27. The summed E-state index contributed by atoms with van der Waals surface area (Å²) in [6.45, 7) is 0.631. The minimum atomic E-state index is -0.680. The maximum atomic E-state index is 11.6. The third kappa shape index (κ3) is 5.86. The first-order valence-corrected chi connectivity index (χ1v) is 9.22. The molecule has 0 aliphatic carbocycles. The predicted octanol–water partition coefficient (Wildman–Crippen LogP) is 5.78. The number of benzene rings is 2. The van der Waals surface area contributed by atoms with E-state index in [9.17, 15) is 4.79 Å². The molecule has 0 saturated carbocycles. The highest BCUT2D eigenvalue weighted by atomic mass is 35.5. The van der Waals surface area contributed by atoms with E-state index in [1.165, 1.54) is 6.07 Å². The number of ether oxygens (including phenoxy) is 2. The van der Waals surface area contributed by atoms with E-state index >= 15 is 0 Å². The van der Waals surface area contributed by atoms with Gasteiger partial charge in [0, 0.05) is 6.07 Å². The first kappa shape index (κ1) is 22.0. The largest absolute Gasteiger partial charge is 0.485 e. The molecule has 0 aliphatic rings. The molecule has 7 heteroatoms. The molecule has 0 unspecified atom stereocenters. The van der Waals surface area contributed by atoms with Crippen molar-refractivity contribution in [1.29, 1.82) is 0 Å². The molecule has 0 radical (unpaired) electrons. The van der Waals surface area contributed by atoms with Crippen molar-refractivity contribution < 1.29 is 14.3 Å². The fraction of sp³-hybridized carbons (Fsp3) is 0.143. The van der Waals surface area contributed by atoms with Crippen molar-refractivity contribution in [1.82, 2.24) is 4.98 Å². The van der Waals surface area contributed by atoms with Gasteiger partial charge in [-0.25, -0.2) is 4.98 Å². The van der Waals surface area contributed by atoms with Crippen LogP contribution in [0.3, 0.4) is 0 Å². The number of hydrogen-bond acceptors (Lipinski definition) is 4. The molecule has 1 heterocycles. The molecule has 28 heavy (non-hydrogen) atoms. The molecular weight excluding hydrogens is 421 g/mol. The SMILES string of the molecule is Cl.O=C(Cl)c1cc(OCc2ccccc2)c(OCc2ccccc2)c(CCl)n1. The number of alkyl halides is 1. The number of nitrogens with zero attached hydrogens (tertiary/aromatic N) is 1. The number of aromatic nitrogens is 1. The zero-order chi connectivity index (χ0) is 19.1. The molecule has 1 aromatic heterocycles. The van der Waals surface area contributed by atoms with Crippen molar-refractivity contribution in [3.8, 4) is 11.5 Å². The van der Waals surface area contributed by atoms with Gasteiger partial charge in [-0.15, -0.1) is 24.0 Å². The highest BCUT2D eigenvalue weighted by Crippen LogP contribution is 2.34. The Labute approximate surface area is 179 Å². The maximum Gasteiger partial charge on any atom is 0.270 e. The van der Waals surface area contributed by atoms with E-state index in [1.54, 1.807) is 0 Å². The van der Waals surface area contributed by atoms with Gasteiger partial charge in [0.25, 0.3) is 5.24 Å². The molecule has 0 spiro atoms. The fourth-order valence-corrected chi connectivity index (χ4v) is 2.76. The Bertz CT molecular complexity index is 906. The van der Waals surface area contributed by atoms with E-state index in [0.717, 1.165) is 11.1 Å². The van der Waals surface area contributed by atoms with Crippen molar-refractivity contribution >= 4 is 40.9 Å². The van der Waals surface area contributed by atoms with Crippen molar-refractivity contribution in [2.45, 2.75) is 19.1 Å². The number of halogens is 3. The maximum absolute atomic E-state index is 11.6. The van der Waals surface area contributed by atoms with Gasteiger partial charge in [-0.1, -0.05) is 60.7 Å². The summed E-state index contributed by atoms with van der Waals surface area (Å²) in [4.78, 5) is 15.8. The number of hydrogen-bond donors (Lipinski definition) is 0. The first-order valence-electron chi connectivity index (χ1n) is 8.30. The van der Waals surface area contributed by atoms with Crippen LogP contribution in [0.1, 0.15) is 27.3 Å². The Morgan fingerprint density at radius 3 is 1.93 bits per heavy atom. The standard InChI is InChI=1S/C21H17Cl2NO3.ClH/c22-12-18-20(27-14-16-9-5-2-6-10-16)19(11-17(24-18)21(23)25)26-13-15-7-3-1-4-8-15;/h1-11H,12-14H2;1H. The Balaban J connectivity index is 0.00000280. The molecule has 0 saturated heterocycles. The molecule has 0 aliphatic heterocycles. The summed E-state index contributed by atoms with van der Waals surface area (Å²) in [6, 6.07) is 20.9. The van der Waals surface area contributed by atoms with Gasteiger partial charge in [-0.3, -0.25) is 4.79 Å². The second-order valence-electron chi connectivity index (χ2n) is 5.74. The summed E-state index contributed by atoms with van der Waals surface area (Å²) >= 11 is 11.6. The Morgan fingerprint density at radius 1 is 0.893 bits per heavy atom. The molecule has 0 atom stereocenters. The third-order valence-corrected chi connectivity index (χ3v) is 4.25. The molecule has 146 valence electrons. The molecule has 0 fully saturated rings. The van der Waals surface area contributed by atoms with Crippen LogP contribution in [0.15, 0.2) is 66.7 Å². The van der Waals surface area contributed by atoms with Crippen molar-refractivity contribution in [2.75, 3.05) is 0 Å². The minimum absolute atomic E-state index is 0. The van der Waals surface area contributed by atoms with Gasteiger partial charge in [0.15, 0.2) is 11.5 Å². The second-order valence-corrected chi connectivity index (χ2v) is 6.35. The molecule has 3 rings (SSSR count). The van der Waals surface area contributed by atoms with Crippen LogP contribution in [0, 0.1) is 0 Å². The number of rotatable bonds is 8. The van der Waals surface area contributed by atoms with Crippen molar-refractivity contribution in [3.63, 3.8) is 0 Å². The first-order chi connectivity index (χ1) is 13.2. The highest BCUT2D eigenvalue weighted by molar-refractivity contribution is 6.67. The van der Waals surface area contributed by atoms with E-state index in [1.807, 2.05) is 60.7 Å². The molecule has 0 N–H and O–H groups in total. The van der Waals surface area contributed by atoms with Gasteiger partial charge < -0.3 is 9.47 Å². The zero-order valence-electron chi connectivity index (χ0n) is 14.8. The quantitative estimate of drug-likeness (QED) is 0.330. The van der Waals surface area contributed by atoms with Gasteiger partial charge in [0.2, 0.25) is 0 Å². The smallest absolute Gasteiger partial charge is 0.270 e. The van der Waals surface area contributed by atoms with Gasteiger partial charge in [0.05, 0.1) is 5.88 Å². The van der Waals surface area contributed by atoms with Crippen LogP contribution in [0.5, 0.6) is 11.5 Å². The van der Waals surface area contributed by atoms with Gasteiger partial charge >= 0.3 is 0 Å². The van der Waals surface area contributed by atoms with Crippen molar-refractivity contribution in [2.24, 2.45) is 0 Å². The average molecular weight is 439 g/mol. The molecule has 2 aromatic carbocycles. The minimum Gasteiger partial charge on any atom is -0.485 e. The number of carbonyl (C=O) groups is 1. The third-order valence-electron chi connectivity index (χ3n) is 3.80. The second kappa shape index (κ2) is 10.9. The summed E-state index contributed by atoms with van der Waals surface area (Å²) in [5, 5.41) is -0.680. The lowest BCUT2D eigenvalue weighted by atomic mass is 10.2. The highest BCUT2D eigenvalue weighted by Gasteiger charge is 2.18. The zero-order valence-corrected chi connectivity index (χ0v) is 17.1. The summed E-state index contributed by atoms with van der Waals surface area (Å²) in [5.41, 5.74) is 2.45. The lowest BCUT2D eigenvalue weighted by Gasteiger charge is -2.16. The van der Waals surface area contributed by atoms with Crippen LogP contribution in [0.25, 0.3) is 0 Å². The van der Waals surface area contributed by atoms with Crippen LogP contribution in [0.4, 0.5) is 0 Å². The lowest BCUT2D eigenvalue weighted by molar-refractivity contribution is 0.107. The summed E-state index contributed by atoms with van der Waals surface area (Å²) in [5.74, 6) is 0.847. The molecule has 3 aromatic rings. The number of pyridine rings is 1. The van der Waals surface area contributed by atoms with Gasteiger partial charge in [0.1, 0.15) is 24.6 Å². The van der Waals surface area contributed by atoms with E-state index in [4.69, 9.17) is 32.7 Å².